The second kappa shape index (κ2) is 8.48. The van der Waals surface area contributed by atoms with Crippen molar-refractivity contribution in [3.05, 3.63) is 54.3 Å². The number of anilines is 3. The number of urea groups is 1. The average molecular weight is 384 g/mol. The molecule has 0 atom stereocenters. The molecule has 2 aromatic rings. The maximum Gasteiger partial charge on any atom is 0.322 e. The number of carbonyl (C=O) groups excluding carboxylic acids is 1. The minimum atomic E-state index is -0.422. The van der Waals surface area contributed by atoms with E-state index in [1.54, 1.807) is 23.1 Å². The zero-order chi connectivity index (χ0) is 19.3. The molecule has 2 amide bonds. The van der Waals surface area contributed by atoms with Crippen LogP contribution in [0.5, 0.6) is 0 Å². The molecule has 0 radical (unpaired) electrons. The molecule has 0 spiro atoms. The van der Waals surface area contributed by atoms with Crippen LogP contribution in [0.4, 0.5) is 26.2 Å². The Morgan fingerprint density at radius 2 is 1.39 bits per heavy atom. The first-order chi connectivity index (χ1) is 13.7. The summed E-state index contributed by atoms with van der Waals surface area (Å²) in [4.78, 5) is 18.9. The lowest BCUT2D eigenvalue weighted by atomic mass is 10.2. The first-order valence-corrected chi connectivity index (χ1v) is 9.69. The fourth-order valence-electron chi connectivity index (χ4n) is 3.71. The molecule has 4 rings (SSSR count). The van der Waals surface area contributed by atoms with Gasteiger partial charge in [0.25, 0.3) is 0 Å². The van der Waals surface area contributed by atoms with Gasteiger partial charge in [0, 0.05) is 39.3 Å². The quantitative estimate of drug-likeness (QED) is 0.884. The Labute approximate surface area is 164 Å². The zero-order valence-electron chi connectivity index (χ0n) is 15.8. The van der Waals surface area contributed by atoms with E-state index in [0.717, 1.165) is 39.4 Å². The third-order valence-corrected chi connectivity index (χ3v) is 5.26. The molecule has 0 saturated carbocycles. The smallest absolute Gasteiger partial charge is 0.322 e. The number of ether oxygens (including phenoxy) is 1. The van der Waals surface area contributed by atoms with E-state index in [4.69, 9.17) is 4.74 Å². The third kappa shape index (κ3) is 4.04. The number of rotatable bonds is 3. The second-order valence-corrected chi connectivity index (χ2v) is 6.97. The van der Waals surface area contributed by atoms with Crippen molar-refractivity contribution in [3.63, 3.8) is 0 Å². The van der Waals surface area contributed by atoms with Gasteiger partial charge in [-0.25, -0.2) is 9.18 Å². The van der Waals surface area contributed by atoms with Crippen molar-refractivity contribution in [2.24, 2.45) is 0 Å². The molecule has 0 bridgehead atoms. The number of hydrogen-bond donors (Lipinski definition) is 1. The molecule has 0 aromatic heterocycles. The highest BCUT2D eigenvalue weighted by atomic mass is 19.1. The van der Waals surface area contributed by atoms with Crippen molar-refractivity contribution in [2.75, 3.05) is 67.6 Å². The van der Waals surface area contributed by atoms with Gasteiger partial charge < -0.3 is 24.8 Å². The van der Waals surface area contributed by atoms with Crippen LogP contribution >= 0.6 is 0 Å². The van der Waals surface area contributed by atoms with E-state index in [1.807, 2.05) is 0 Å². The van der Waals surface area contributed by atoms with Crippen LogP contribution in [0.25, 0.3) is 0 Å². The summed E-state index contributed by atoms with van der Waals surface area (Å²) in [5, 5.41) is 2.67. The van der Waals surface area contributed by atoms with Crippen LogP contribution in [0.15, 0.2) is 48.5 Å². The van der Waals surface area contributed by atoms with E-state index in [1.165, 1.54) is 17.4 Å². The Morgan fingerprint density at radius 1 is 0.821 bits per heavy atom. The number of piperazine rings is 1. The summed E-state index contributed by atoms with van der Waals surface area (Å²) >= 11 is 0. The monoisotopic (exact) mass is 384 g/mol. The molecule has 2 aliphatic heterocycles. The van der Waals surface area contributed by atoms with Gasteiger partial charge in [-0.2, -0.15) is 0 Å². The number of morpholine rings is 1. The number of amides is 2. The molecule has 7 heteroatoms. The van der Waals surface area contributed by atoms with Crippen LogP contribution in [0.3, 0.4) is 0 Å². The van der Waals surface area contributed by atoms with Gasteiger partial charge in [0.05, 0.1) is 30.3 Å². The van der Waals surface area contributed by atoms with Crippen LogP contribution in [-0.2, 0) is 4.74 Å². The maximum absolute atomic E-state index is 13.8. The van der Waals surface area contributed by atoms with Crippen LogP contribution in [0, 0.1) is 5.82 Å². The highest BCUT2D eigenvalue weighted by molar-refractivity contribution is 5.89. The van der Waals surface area contributed by atoms with Crippen molar-refractivity contribution in [2.45, 2.75) is 0 Å². The molecule has 2 saturated heterocycles. The minimum absolute atomic E-state index is 0.215. The number of nitrogens with one attached hydrogen (secondary N) is 1. The Hall–Kier alpha value is -2.80. The number of para-hydroxylation sites is 3. The summed E-state index contributed by atoms with van der Waals surface area (Å²) in [6.07, 6.45) is 0. The summed E-state index contributed by atoms with van der Waals surface area (Å²) < 4.78 is 19.2. The van der Waals surface area contributed by atoms with Crippen LogP contribution in [0.2, 0.25) is 0 Å². The number of hydrogen-bond acceptors (Lipinski definition) is 4. The first kappa shape index (κ1) is 18.6. The molecular formula is C21H25FN4O2. The lowest BCUT2D eigenvalue weighted by Gasteiger charge is -2.39. The van der Waals surface area contributed by atoms with E-state index >= 15 is 0 Å². The molecule has 2 heterocycles. The Bertz CT molecular complexity index is 818. The summed E-state index contributed by atoms with van der Waals surface area (Å²) in [5.41, 5.74) is 2.63. The van der Waals surface area contributed by atoms with Crippen molar-refractivity contribution in [1.29, 1.82) is 0 Å². The van der Waals surface area contributed by atoms with Crippen molar-refractivity contribution >= 4 is 23.1 Å². The van der Waals surface area contributed by atoms with Crippen molar-refractivity contribution < 1.29 is 13.9 Å². The zero-order valence-corrected chi connectivity index (χ0v) is 15.8. The largest absolute Gasteiger partial charge is 0.378 e. The third-order valence-electron chi connectivity index (χ3n) is 5.26. The average Bonchev–Trinajstić information content (AvgIpc) is 2.76. The predicted octanol–water partition coefficient (Wildman–Crippen LogP) is 3.02. The molecule has 1 N–H and O–H groups in total. The summed E-state index contributed by atoms with van der Waals surface area (Å²) in [6, 6.07) is 14.4. The van der Waals surface area contributed by atoms with Gasteiger partial charge in [-0.3, -0.25) is 0 Å². The highest BCUT2D eigenvalue weighted by Gasteiger charge is 2.24. The van der Waals surface area contributed by atoms with Gasteiger partial charge in [0.15, 0.2) is 0 Å². The highest BCUT2D eigenvalue weighted by Crippen LogP contribution is 2.30. The lowest BCUT2D eigenvalue weighted by Crippen LogP contribution is -2.50. The van der Waals surface area contributed by atoms with Gasteiger partial charge in [0.2, 0.25) is 0 Å². The van der Waals surface area contributed by atoms with Crippen molar-refractivity contribution in [1.82, 2.24) is 4.90 Å². The number of benzene rings is 2. The fourth-order valence-corrected chi connectivity index (χ4v) is 3.71. The van der Waals surface area contributed by atoms with Crippen LogP contribution < -0.4 is 15.1 Å². The maximum atomic E-state index is 13.8. The lowest BCUT2D eigenvalue weighted by molar-refractivity contribution is 0.122. The van der Waals surface area contributed by atoms with E-state index in [9.17, 15) is 9.18 Å². The van der Waals surface area contributed by atoms with E-state index < -0.39 is 5.82 Å². The molecule has 2 fully saturated rings. The Kier molecular flexibility index (Phi) is 5.62. The van der Waals surface area contributed by atoms with E-state index in [-0.39, 0.29) is 11.7 Å². The van der Waals surface area contributed by atoms with Crippen LogP contribution in [-0.4, -0.2) is 63.4 Å². The Balaban J connectivity index is 1.39. The molecule has 0 aliphatic carbocycles. The van der Waals surface area contributed by atoms with Gasteiger partial charge >= 0.3 is 6.03 Å². The molecule has 28 heavy (non-hydrogen) atoms. The summed E-state index contributed by atoms with van der Waals surface area (Å²) in [7, 11) is 0. The van der Waals surface area contributed by atoms with Gasteiger partial charge in [-0.05, 0) is 24.3 Å². The molecule has 2 aliphatic rings. The summed E-state index contributed by atoms with van der Waals surface area (Å²) in [6.45, 7) is 5.95. The topological polar surface area (TPSA) is 48.1 Å². The van der Waals surface area contributed by atoms with Gasteiger partial charge in [-0.1, -0.05) is 24.3 Å². The molecule has 0 unspecified atom stereocenters. The fraction of sp³-hybridized carbons (Fsp3) is 0.381. The van der Waals surface area contributed by atoms with Crippen LogP contribution in [0.1, 0.15) is 0 Å². The standard InChI is InChI=1S/C21H25FN4O2/c22-17-5-1-2-6-18(17)23-21(27)26-11-9-24(10-12-26)19-7-3-4-8-20(19)25-13-15-28-16-14-25/h1-8H,9-16H2,(H,23,27). The summed E-state index contributed by atoms with van der Waals surface area (Å²) in [5.74, 6) is -0.422. The number of halogens is 1. The number of nitrogens with zero attached hydrogens (tertiary/aromatic N) is 3. The molecule has 6 nitrogen and oxygen atoms in total. The Morgan fingerprint density at radius 3 is 2.04 bits per heavy atom. The van der Waals surface area contributed by atoms with Gasteiger partial charge in [-0.15, -0.1) is 0 Å². The van der Waals surface area contributed by atoms with Crippen molar-refractivity contribution in [3.8, 4) is 0 Å². The first-order valence-electron chi connectivity index (χ1n) is 9.69. The molecule has 2 aromatic carbocycles. The van der Waals surface area contributed by atoms with E-state index in [2.05, 4.69) is 39.4 Å². The van der Waals surface area contributed by atoms with Gasteiger partial charge in [0.1, 0.15) is 5.82 Å². The normalized spacial score (nSPS) is 17.5. The minimum Gasteiger partial charge on any atom is -0.378 e. The molecular weight excluding hydrogens is 359 g/mol. The second-order valence-electron chi connectivity index (χ2n) is 6.97. The predicted molar refractivity (Wildman–Crippen MR) is 109 cm³/mol. The number of carbonyl (C=O) groups is 1. The SMILES string of the molecule is O=C(Nc1ccccc1F)N1CCN(c2ccccc2N2CCOCC2)CC1. The van der Waals surface area contributed by atoms with E-state index in [0.29, 0.717) is 13.1 Å². The molecule has 148 valence electrons.